The molecule has 27 heavy (non-hydrogen) atoms. The van der Waals surface area contributed by atoms with Crippen molar-refractivity contribution in [3.63, 3.8) is 0 Å². The smallest absolute Gasteiger partial charge is 0.261 e. The van der Waals surface area contributed by atoms with Crippen molar-refractivity contribution in [2.45, 2.75) is 38.6 Å². The fourth-order valence-electron chi connectivity index (χ4n) is 4.25. The summed E-state index contributed by atoms with van der Waals surface area (Å²) in [5, 5.41) is 0. The topological polar surface area (TPSA) is 40.6 Å². The van der Waals surface area contributed by atoms with Crippen molar-refractivity contribution in [2.75, 3.05) is 18.0 Å². The van der Waals surface area contributed by atoms with E-state index in [1.807, 2.05) is 0 Å². The number of imide groups is 1. The van der Waals surface area contributed by atoms with Gasteiger partial charge in [0.15, 0.2) is 0 Å². The summed E-state index contributed by atoms with van der Waals surface area (Å²) in [6.07, 6.45) is 0.764. The Balaban J connectivity index is 0.00000210. The molecule has 2 amide bonds. The Hall–Kier alpha value is -2.14. The molecule has 142 valence electrons. The van der Waals surface area contributed by atoms with E-state index in [4.69, 9.17) is 0 Å². The molecule has 0 aliphatic carbocycles. The van der Waals surface area contributed by atoms with Crippen molar-refractivity contribution in [1.29, 1.82) is 0 Å². The normalized spacial score (nSPS) is 19.7. The van der Waals surface area contributed by atoms with Gasteiger partial charge in [-0.2, -0.15) is 0 Å². The molecule has 0 spiro atoms. The van der Waals surface area contributed by atoms with Crippen LogP contribution in [0.5, 0.6) is 0 Å². The van der Waals surface area contributed by atoms with Crippen molar-refractivity contribution >= 4 is 34.5 Å². The number of carbonyl (C=O) groups is 2. The molecular weight excluding hydrogens is 404 g/mol. The summed E-state index contributed by atoms with van der Waals surface area (Å²) < 4.78 is 0. The lowest BCUT2D eigenvalue weighted by atomic mass is 9.81. The van der Waals surface area contributed by atoms with E-state index in [1.54, 1.807) is 24.3 Å². The maximum Gasteiger partial charge on any atom is 0.261 e. The Kier molecular flexibility index (Phi) is 5.17. The Labute approximate surface area is 170 Å². The number of fused-ring (bicyclic) bond motifs is 2. The number of hydrogen-bond acceptors (Lipinski definition) is 3. The number of nitrogens with zero attached hydrogens (tertiary/aromatic N) is 2. The van der Waals surface area contributed by atoms with Crippen molar-refractivity contribution in [2.24, 2.45) is 0 Å². The first-order valence-corrected chi connectivity index (χ1v) is 9.24. The van der Waals surface area contributed by atoms with Crippen LogP contribution in [0.3, 0.4) is 0 Å². The molecule has 1 atom stereocenters. The molecule has 2 heterocycles. The fourth-order valence-corrected chi connectivity index (χ4v) is 4.25. The van der Waals surface area contributed by atoms with Crippen LogP contribution in [0.1, 0.15) is 53.5 Å². The van der Waals surface area contributed by atoms with Gasteiger partial charge in [0.05, 0.1) is 11.1 Å². The van der Waals surface area contributed by atoms with Gasteiger partial charge < -0.3 is 4.90 Å². The van der Waals surface area contributed by atoms with Crippen LogP contribution in [-0.2, 0) is 5.41 Å². The second-order valence-corrected chi connectivity index (χ2v) is 7.77. The quantitative estimate of drug-likeness (QED) is 0.675. The number of hydrogen-bond donors (Lipinski definition) is 0. The minimum absolute atomic E-state index is 0. The predicted octanol–water partition coefficient (Wildman–Crippen LogP) is 4.44. The number of para-hydroxylation sites is 1. The van der Waals surface area contributed by atoms with E-state index in [2.05, 4.69) is 49.9 Å². The highest BCUT2D eigenvalue weighted by Crippen LogP contribution is 2.44. The molecule has 2 aliphatic rings. The first-order chi connectivity index (χ1) is 12.4. The molecule has 0 radical (unpaired) electrons. The third kappa shape index (κ3) is 2.98. The maximum atomic E-state index is 12.5. The molecule has 4 nitrogen and oxygen atoms in total. The molecule has 0 aromatic heterocycles. The molecule has 2 aromatic carbocycles. The van der Waals surface area contributed by atoms with Crippen LogP contribution in [0, 0.1) is 0 Å². The van der Waals surface area contributed by atoms with E-state index in [1.165, 1.54) is 16.2 Å². The highest BCUT2D eigenvalue weighted by Gasteiger charge is 2.41. The van der Waals surface area contributed by atoms with Crippen LogP contribution in [0.4, 0.5) is 5.69 Å². The standard InChI is InChI=1S/C22H24N2O2.BrH/c1-15-22(2,3)18-11-6-7-12-19(18)23(15)13-8-14-24-20(25)16-9-4-5-10-17(16)21(24)26;/h4-7,9-12,15H,8,13-14H2,1-3H3;1H. The van der Waals surface area contributed by atoms with E-state index in [9.17, 15) is 9.59 Å². The fraction of sp³-hybridized carbons (Fsp3) is 0.364. The Morgan fingerprint density at radius 2 is 1.44 bits per heavy atom. The summed E-state index contributed by atoms with van der Waals surface area (Å²) >= 11 is 0. The third-order valence-electron chi connectivity index (χ3n) is 6.08. The minimum Gasteiger partial charge on any atom is -0.368 e. The molecule has 0 bridgehead atoms. The number of rotatable bonds is 4. The van der Waals surface area contributed by atoms with Gasteiger partial charge in [-0.1, -0.05) is 44.2 Å². The molecule has 0 saturated carbocycles. The monoisotopic (exact) mass is 428 g/mol. The van der Waals surface area contributed by atoms with Gasteiger partial charge in [0, 0.05) is 30.2 Å². The van der Waals surface area contributed by atoms with E-state index in [0.717, 1.165) is 13.0 Å². The van der Waals surface area contributed by atoms with Gasteiger partial charge in [0.1, 0.15) is 0 Å². The van der Waals surface area contributed by atoms with Gasteiger partial charge >= 0.3 is 0 Å². The Bertz CT molecular complexity index is 858. The zero-order valence-corrected chi connectivity index (χ0v) is 17.6. The van der Waals surface area contributed by atoms with E-state index >= 15 is 0 Å². The summed E-state index contributed by atoms with van der Waals surface area (Å²) in [6.45, 7) is 8.09. The largest absolute Gasteiger partial charge is 0.368 e. The summed E-state index contributed by atoms with van der Waals surface area (Å²) in [5.41, 5.74) is 3.78. The summed E-state index contributed by atoms with van der Waals surface area (Å²) in [6, 6.07) is 16.0. The van der Waals surface area contributed by atoms with Crippen molar-refractivity contribution < 1.29 is 9.59 Å². The van der Waals surface area contributed by atoms with Crippen LogP contribution in [0.15, 0.2) is 48.5 Å². The van der Waals surface area contributed by atoms with Crippen molar-refractivity contribution in [3.8, 4) is 0 Å². The number of amides is 2. The summed E-state index contributed by atoms with van der Waals surface area (Å²) in [4.78, 5) is 28.8. The molecule has 2 aromatic rings. The van der Waals surface area contributed by atoms with Crippen LogP contribution >= 0.6 is 17.0 Å². The average molecular weight is 429 g/mol. The van der Waals surface area contributed by atoms with E-state index in [0.29, 0.717) is 23.7 Å². The highest BCUT2D eigenvalue weighted by molar-refractivity contribution is 8.93. The zero-order valence-electron chi connectivity index (χ0n) is 15.9. The molecule has 0 fully saturated rings. The third-order valence-corrected chi connectivity index (χ3v) is 6.08. The van der Waals surface area contributed by atoms with Gasteiger partial charge in [-0.15, -0.1) is 17.0 Å². The molecule has 0 N–H and O–H groups in total. The van der Waals surface area contributed by atoms with Crippen LogP contribution in [-0.4, -0.2) is 35.8 Å². The lowest BCUT2D eigenvalue weighted by molar-refractivity contribution is 0.0653. The Morgan fingerprint density at radius 3 is 2.07 bits per heavy atom. The molecule has 5 heteroatoms. The number of halogens is 1. The van der Waals surface area contributed by atoms with Gasteiger partial charge in [0.2, 0.25) is 0 Å². The molecular formula is C22H25BrN2O2. The Morgan fingerprint density at radius 1 is 0.889 bits per heavy atom. The first kappa shape index (κ1) is 19.6. The SMILES string of the molecule is Br.CC1N(CCCN2C(=O)c3ccccc3C2=O)c2ccccc2C1(C)C. The number of carbonyl (C=O) groups excluding carboxylic acids is 2. The first-order valence-electron chi connectivity index (χ1n) is 9.24. The highest BCUT2D eigenvalue weighted by atomic mass is 79.9. The molecule has 0 saturated heterocycles. The van der Waals surface area contributed by atoms with Gasteiger partial charge in [-0.25, -0.2) is 0 Å². The number of benzene rings is 2. The second-order valence-electron chi connectivity index (χ2n) is 7.77. The van der Waals surface area contributed by atoms with Crippen molar-refractivity contribution in [1.82, 2.24) is 4.90 Å². The van der Waals surface area contributed by atoms with Crippen LogP contribution in [0.25, 0.3) is 0 Å². The van der Waals surface area contributed by atoms with E-state index in [-0.39, 0.29) is 34.2 Å². The molecule has 4 rings (SSSR count). The molecule has 1 unspecified atom stereocenters. The lowest BCUT2D eigenvalue weighted by Gasteiger charge is -2.32. The van der Waals surface area contributed by atoms with Gasteiger partial charge in [0.25, 0.3) is 11.8 Å². The molecule has 2 aliphatic heterocycles. The number of anilines is 1. The second kappa shape index (κ2) is 7.12. The predicted molar refractivity (Wildman–Crippen MR) is 113 cm³/mol. The maximum absolute atomic E-state index is 12.5. The van der Waals surface area contributed by atoms with Gasteiger partial charge in [-0.3, -0.25) is 14.5 Å². The zero-order chi connectivity index (χ0) is 18.5. The summed E-state index contributed by atoms with van der Waals surface area (Å²) in [5.74, 6) is -0.332. The van der Waals surface area contributed by atoms with Gasteiger partial charge in [-0.05, 0) is 37.1 Å². The van der Waals surface area contributed by atoms with Crippen LogP contribution < -0.4 is 4.90 Å². The summed E-state index contributed by atoms with van der Waals surface area (Å²) in [7, 11) is 0. The minimum atomic E-state index is -0.166. The van der Waals surface area contributed by atoms with E-state index < -0.39 is 0 Å². The lowest BCUT2D eigenvalue weighted by Crippen LogP contribution is -2.40. The van der Waals surface area contributed by atoms with Crippen molar-refractivity contribution in [3.05, 3.63) is 65.2 Å². The van der Waals surface area contributed by atoms with Crippen LogP contribution in [0.2, 0.25) is 0 Å². The average Bonchev–Trinajstić information content (AvgIpc) is 3.00.